The summed E-state index contributed by atoms with van der Waals surface area (Å²) in [6, 6.07) is 1.22. The van der Waals surface area contributed by atoms with E-state index in [0.717, 1.165) is 12.3 Å². The Hall–Kier alpha value is -0.990. The van der Waals surface area contributed by atoms with Crippen LogP contribution in [0.25, 0.3) is 0 Å². The van der Waals surface area contributed by atoms with Crippen LogP contribution in [0.5, 0.6) is 0 Å². The molecule has 0 aromatic heterocycles. The number of hydrogen-bond acceptors (Lipinski definition) is 0. The van der Waals surface area contributed by atoms with Crippen molar-refractivity contribution in [2.45, 2.75) is 64.7 Å². The van der Waals surface area contributed by atoms with Gasteiger partial charge in [-0.1, -0.05) is 32.6 Å². The van der Waals surface area contributed by atoms with E-state index >= 15 is 0 Å². The van der Waals surface area contributed by atoms with Crippen molar-refractivity contribution < 1.29 is 13.2 Å². The first-order valence-corrected chi connectivity index (χ1v) is 8.75. The molecule has 1 aromatic rings. The minimum atomic E-state index is -1.31. The van der Waals surface area contributed by atoms with Gasteiger partial charge in [-0.25, -0.2) is 13.2 Å². The molecule has 1 atom stereocenters. The lowest BCUT2D eigenvalue weighted by atomic mass is 9.69. The molecule has 3 heteroatoms. The molecule has 0 heterocycles. The Balaban J connectivity index is 1.68. The Labute approximate surface area is 131 Å². The van der Waals surface area contributed by atoms with Crippen molar-refractivity contribution in [2.24, 2.45) is 17.8 Å². The van der Waals surface area contributed by atoms with Crippen LogP contribution in [0.4, 0.5) is 13.2 Å². The van der Waals surface area contributed by atoms with Crippen LogP contribution in [0.2, 0.25) is 0 Å². The van der Waals surface area contributed by atoms with Crippen molar-refractivity contribution in [3.63, 3.8) is 0 Å². The number of rotatable bonds is 3. The first-order chi connectivity index (χ1) is 10.6. The van der Waals surface area contributed by atoms with Crippen molar-refractivity contribution in [3.05, 3.63) is 34.6 Å². The van der Waals surface area contributed by atoms with Gasteiger partial charge in [-0.15, -0.1) is 0 Å². The zero-order chi connectivity index (χ0) is 15.7. The van der Waals surface area contributed by atoms with E-state index < -0.39 is 17.5 Å². The van der Waals surface area contributed by atoms with Crippen LogP contribution >= 0.6 is 0 Å². The average molecular weight is 310 g/mol. The summed E-state index contributed by atoms with van der Waals surface area (Å²) >= 11 is 0. The number of fused-ring (bicyclic) bond motifs is 1. The first-order valence-electron chi connectivity index (χ1n) is 8.75. The maximum atomic E-state index is 13.8. The van der Waals surface area contributed by atoms with E-state index in [4.69, 9.17) is 0 Å². The molecular weight excluding hydrogens is 285 g/mol. The smallest absolute Gasteiger partial charge is 0.194 e. The van der Waals surface area contributed by atoms with Gasteiger partial charge >= 0.3 is 0 Å². The second-order valence-electron chi connectivity index (χ2n) is 7.20. The molecule has 2 aliphatic carbocycles. The summed E-state index contributed by atoms with van der Waals surface area (Å²) in [5.74, 6) is -1.24. The molecule has 0 N–H and O–H groups in total. The zero-order valence-corrected chi connectivity index (χ0v) is 13.3. The molecule has 3 rings (SSSR count). The Kier molecular flexibility index (Phi) is 4.79. The highest BCUT2D eigenvalue weighted by Crippen LogP contribution is 2.41. The van der Waals surface area contributed by atoms with E-state index in [0.29, 0.717) is 35.8 Å². The first kappa shape index (κ1) is 15.9. The van der Waals surface area contributed by atoms with Crippen LogP contribution < -0.4 is 0 Å². The van der Waals surface area contributed by atoms with Gasteiger partial charge in [0.2, 0.25) is 0 Å². The van der Waals surface area contributed by atoms with Gasteiger partial charge in [0, 0.05) is 0 Å². The third-order valence-electron chi connectivity index (χ3n) is 5.86. The predicted octanol–water partition coefficient (Wildman–Crippen LogP) is 5.82. The molecule has 0 nitrogen and oxygen atoms in total. The summed E-state index contributed by atoms with van der Waals surface area (Å²) in [4.78, 5) is 0. The summed E-state index contributed by atoms with van der Waals surface area (Å²) in [6.07, 6.45) is 9.87. The lowest BCUT2D eigenvalue weighted by molar-refractivity contribution is 0.183. The minimum absolute atomic E-state index is 0.412. The number of benzene rings is 1. The summed E-state index contributed by atoms with van der Waals surface area (Å²) in [7, 11) is 0. The van der Waals surface area contributed by atoms with Crippen molar-refractivity contribution in [3.8, 4) is 0 Å². The SMILES string of the molecule is CCC[C@H]1CC[C@H](C2CCc3c(cc(F)c(F)c3F)C2)CC1. The highest BCUT2D eigenvalue weighted by molar-refractivity contribution is 5.33. The van der Waals surface area contributed by atoms with E-state index in [1.165, 1.54) is 44.6 Å². The highest BCUT2D eigenvalue weighted by Gasteiger charge is 2.32. The van der Waals surface area contributed by atoms with Gasteiger partial charge in [0.25, 0.3) is 0 Å². The molecule has 1 unspecified atom stereocenters. The van der Waals surface area contributed by atoms with E-state index in [9.17, 15) is 13.2 Å². The quantitative estimate of drug-likeness (QED) is 0.617. The third-order valence-corrected chi connectivity index (χ3v) is 5.86. The molecule has 2 aliphatic rings. The van der Waals surface area contributed by atoms with Gasteiger partial charge in [-0.3, -0.25) is 0 Å². The Morgan fingerprint density at radius 2 is 1.68 bits per heavy atom. The summed E-state index contributed by atoms with van der Waals surface area (Å²) in [6.45, 7) is 2.24. The normalized spacial score (nSPS) is 28.5. The van der Waals surface area contributed by atoms with Crippen LogP contribution in [0.15, 0.2) is 6.07 Å². The molecule has 1 aromatic carbocycles. The monoisotopic (exact) mass is 310 g/mol. The lowest BCUT2D eigenvalue weighted by Crippen LogP contribution is -2.27. The van der Waals surface area contributed by atoms with Crippen molar-refractivity contribution in [2.75, 3.05) is 0 Å². The standard InChI is InChI=1S/C19H25F3/c1-2-3-12-4-6-13(7-5-12)14-8-9-16-15(10-14)11-17(20)19(22)18(16)21/h11-14H,2-10H2,1H3/t12-,13-,14?. The van der Waals surface area contributed by atoms with Gasteiger partial charge in [0.15, 0.2) is 17.5 Å². The largest absolute Gasteiger partial charge is 0.204 e. The van der Waals surface area contributed by atoms with E-state index in [1.807, 2.05) is 0 Å². The molecule has 0 radical (unpaired) electrons. The molecule has 122 valence electrons. The van der Waals surface area contributed by atoms with Crippen LogP contribution in [0.3, 0.4) is 0 Å². The maximum Gasteiger partial charge on any atom is 0.194 e. The van der Waals surface area contributed by atoms with Crippen molar-refractivity contribution in [1.82, 2.24) is 0 Å². The molecule has 0 bridgehead atoms. The number of hydrogen-bond donors (Lipinski definition) is 0. The second kappa shape index (κ2) is 6.64. The fraction of sp³-hybridized carbons (Fsp3) is 0.684. The van der Waals surface area contributed by atoms with Crippen LogP contribution in [0.1, 0.15) is 63.0 Å². The molecule has 1 fully saturated rings. The van der Waals surface area contributed by atoms with Gasteiger partial charge < -0.3 is 0 Å². The van der Waals surface area contributed by atoms with Crippen LogP contribution in [0, 0.1) is 35.2 Å². The highest BCUT2D eigenvalue weighted by atomic mass is 19.2. The minimum Gasteiger partial charge on any atom is -0.204 e. The molecule has 0 amide bonds. The third kappa shape index (κ3) is 3.04. The van der Waals surface area contributed by atoms with E-state index in [-0.39, 0.29) is 0 Å². The lowest BCUT2D eigenvalue weighted by Gasteiger charge is -2.36. The molecule has 22 heavy (non-hydrogen) atoms. The second-order valence-corrected chi connectivity index (χ2v) is 7.20. The summed E-state index contributed by atoms with van der Waals surface area (Å²) < 4.78 is 40.6. The predicted molar refractivity (Wildman–Crippen MR) is 82.2 cm³/mol. The van der Waals surface area contributed by atoms with Crippen LogP contribution in [-0.2, 0) is 12.8 Å². The molecule has 0 aliphatic heterocycles. The fourth-order valence-electron chi connectivity index (χ4n) is 4.61. The topological polar surface area (TPSA) is 0 Å². The summed E-state index contributed by atoms with van der Waals surface area (Å²) in [5.41, 5.74) is 1.11. The van der Waals surface area contributed by atoms with E-state index in [1.54, 1.807) is 0 Å². The Morgan fingerprint density at radius 1 is 0.955 bits per heavy atom. The average Bonchev–Trinajstić information content (AvgIpc) is 2.53. The van der Waals surface area contributed by atoms with E-state index in [2.05, 4.69) is 6.92 Å². The molecular formula is C19H25F3. The molecule has 0 saturated heterocycles. The number of halogens is 3. The van der Waals surface area contributed by atoms with Gasteiger partial charge in [0.05, 0.1) is 0 Å². The van der Waals surface area contributed by atoms with Crippen molar-refractivity contribution >= 4 is 0 Å². The molecule has 0 spiro atoms. The van der Waals surface area contributed by atoms with Gasteiger partial charge in [0.1, 0.15) is 0 Å². The Bertz CT molecular complexity index is 530. The Morgan fingerprint density at radius 3 is 2.36 bits per heavy atom. The zero-order valence-electron chi connectivity index (χ0n) is 13.3. The molecule has 1 saturated carbocycles. The fourth-order valence-corrected chi connectivity index (χ4v) is 4.61. The van der Waals surface area contributed by atoms with Gasteiger partial charge in [-0.2, -0.15) is 0 Å². The summed E-state index contributed by atoms with van der Waals surface area (Å²) in [5, 5.41) is 0. The van der Waals surface area contributed by atoms with Crippen LogP contribution in [-0.4, -0.2) is 0 Å². The maximum absolute atomic E-state index is 13.8. The van der Waals surface area contributed by atoms with Crippen molar-refractivity contribution in [1.29, 1.82) is 0 Å². The van der Waals surface area contributed by atoms with Gasteiger partial charge in [-0.05, 0) is 67.1 Å².